The molecule has 0 spiro atoms. The Morgan fingerprint density at radius 2 is 2.00 bits per heavy atom. The molecule has 7 heteroatoms. The Hall–Kier alpha value is -0.950. The first-order valence-electron chi connectivity index (χ1n) is 3.65. The molecule has 1 amide bonds. The van der Waals surface area contributed by atoms with Crippen molar-refractivity contribution in [2.45, 2.75) is 13.3 Å². The first-order chi connectivity index (χ1) is 5.85. The molecule has 1 rings (SSSR count). The molecule has 74 valence electrons. The molecule has 0 radical (unpaired) electrons. The highest BCUT2D eigenvalue weighted by atomic mass is 32.2. The van der Waals surface area contributed by atoms with Crippen LogP contribution in [0, 0.1) is 0 Å². The molecule has 0 unspecified atom stereocenters. The predicted molar refractivity (Wildman–Crippen MR) is 47.2 cm³/mol. The highest BCUT2D eigenvalue weighted by Crippen LogP contribution is 2.14. The molecule has 13 heavy (non-hydrogen) atoms. The number of nitrogens with zero attached hydrogens (tertiary/aromatic N) is 3. The van der Waals surface area contributed by atoms with Crippen LogP contribution in [0.2, 0.25) is 0 Å². The second kappa shape index (κ2) is 3.08. The van der Waals surface area contributed by atoms with Crippen LogP contribution in [0.5, 0.6) is 0 Å². The summed E-state index contributed by atoms with van der Waals surface area (Å²) in [5, 5.41) is 3.63. The maximum atomic E-state index is 11.4. The molecule has 1 aliphatic rings. The van der Waals surface area contributed by atoms with Crippen LogP contribution in [0.4, 0.5) is 0 Å². The molecular formula is C6H11N3O3S. The molecule has 0 bridgehead atoms. The lowest BCUT2D eigenvalue weighted by Gasteiger charge is -2.16. The summed E-state index contributed by atoms with van der Waals surface area (Å²) in [5.74, 6) is -0.508. The van der Waals surface area contributed by atoms with Crippen molar-refractivity contribution in [3.8, 4) is 0 Å². The largest absolute Gasteiger partial charge is 0.325 e. The van der Waals surface area contributed by atoms with Gasteiger partial charge >= 0.3 is 10.2 Å². The van der Waals surface area contributed by atoms with E-state index >= 15 is 0 Å². The van der Waals surface area contributed by atoms with Gasteiger partial charge < -0.3 is 0 Å². The van der Waals surface area contributed by atoms with Crippen molar-refractivity contribution in [1.82, 2.24) is 8.72 Å². The second-order valence-electron chi connectivity index (χ2n) is 2.94. The summed E-state index contributed by atoms with van der Waals surface area (Å²) in [4.78, 5) is 11.1. The van der Waals surface area contributed by atoms with Crippen molar-refractivity contribution >= 4 is 21.8 Å². The van der Waals surface area contributed by atoms with Crippen LogP contribution in [0.3, 0.4) is 0 Å². The van der Waals surface area contributed by atoms with Crippen molar-refractivity contribution in [3.63, 3.8) is 0 Å². The van der Waals surface area contributed by atoms with Crippen LogP contribution < -0.4 is 0 Å². The molecule has 0 atom stereocenters. The zero-order chi connectivity index (χ0) is 10.2. The highest BCUT2D eigenvalue weighted by Gasteiger charge is 2.33. The van der Waals surface area contributed by atoms with Gasteiger partial charge in [0.15, 0.2) is 0 Å². The van der Waals surface area contributed by atoms with Crippen LogP contribution in [0.25, 0.3) is 0 Å². The summed E-state index contributed by atoms with van der Waals surface area (Å²) in [6.07, 6.45) is 0.0765. The van der Waals surface area contributed by atoms with Crippen molar-refractivity contribution in [3.05, 3.63) is 0 Å². The van der Waals surface area contributed by atoms with Gasteiger partial charge in [0, 0.05) is 19.8 Å². The third-order valence-corrected chi connectivity index (χ3v) is 3.21. The van der Waals surface area contributed by atoms with Crippen LogP contribution in [0.15, 0.2) is 5.10 Å². The van der Waals surface area contributed by atoms with E-state index in [-0.39, 0.29) is 6.42 Å². The summed E-state index contributed by atoms with van der Waals surface area (Å²) in [6.45, 7) is 1.61. The fourth-order valence-corrected chi connectivity index (χ4v) is 1.74. The lowest BCUT2D eigenvalue weighted by molar-refractivity contribution is -0.124. The summed E-state index contributed by atoms with van der Waals surface area (Å²) in [6, 6.07) is 0. The number of amides is 1. The molecule has 0 aromatic rings. The van der Waals surface area contributed by atoms with E-state index < -0.39 is 16.1 Å². The Labute approximate surface area is 77.0 Å². The van der Waals surface area contributed by atoms with Gasteiger partial charge in [0.2, 0.25) is 0 Å². The van der Waals surface area contributed by atoms with E-state index in [9.17, 15) is 13.2 Å². The molecule has 0 fully saturated rings. The van der Waals surface area contributed by atoms with Crippen molar-refractivity contribution in [2.24, 2.45) is 5.10 Å². The number of hydrazone groups is 1. The van der Waals surface area contributed by atoms with Gasteiger partial charge in [0.25, 0.3) is 5.91 Å². The van der Waals surface area contributed by atoms with Crippen molar-refractivity contribution in [1.29, 1.82) is 0 Å². The van der Waals surface area contributed by atoms with E-state index in [4.69, 9.17) is 0 Å². The molecule has 0 N–H and O–H groups in total. The minimum absolute atomic E-state index is 0.0765. The highest BCUT2D eigenvalue weighted by molar-refractivity contribution is 7.87. The van der Waals surface area contributed by atoms with E-state index in [2.05, 4.69) is 5.10 Å². The van der Waals surface area contributed by atoms with Crippen molar-refractivity contribution < 1.29 is 13.2 Å². The zero-order valence-electron chi connectivity index (χ0n) is 7.68. The zero-order valence-corrected chi connectivity index (χ0v) is 8.50. The van der Waals surface area contributed by atoms with Gasteiger partial charge in [-0.3, -0.25) is 4.79 Å². The summed E-state index contributed by atoms with van der Waals surface area (Å²) < 4.78 is 24.3. The van der Waals surface area contributed by atoms with E-state index in [0.29, 0.717) is 10.1 Å². The van der Waals surface area contributed by atoms with Gasteiger partial charge in [-0.15, -0.1) is 4.41 Å². The minimum Gasteiger partial charge on any atom is -0.271 e. The lowest BCUT2D eigenvalue weighted by atomic mass is 10.3. The number of hydrogen-bond donors (Lipinski definition) is 0. The number of carbonyl (C=O) groups excluding carboxylic acids is 1. The predicted octanol–water partition coefficient (Wildman–Crippen LogP) is -0.599. The summed E-state index contributed by atoms with van der Waals surface area (Å²) in [7, 11) is -1.02. The average molecular weight is 205 g/mol. The van der Waals surface area contributed by atoms with E-state index in [1.807, 2.05) is 0 Å². The second-order valence-corrected chi connectivity index (χ2v) is 4.91. The molecule has 0 aromatic carbocycles. The maximum absolute atomic E-state index is 11.4. The molecular weight excluding hydrogens is 194 g/mol. The molecule has 0 aromatic heterocycles. The van der Waals surface area contributed by atoms with Gasteiger partial charge in [0.1, 0.15) is 0 Å². The SMILES string of the molecule is CC1=NN(S(=O)(=O)N(C)C)C(=O)C1. The molecule has 0 saturated carbocycles. The average Bonchev–Trinajstić information content (AvgIpc) is 2.30. The number of rotatable bonds is 2. The Morgan fingerprint density at radius 1 is 1.46 bits per heavy atom. The first kappa shape index (κ1) is 10.1. The quantitative estimate of drug-likeness (QED) is 0.604. The standard InChI is InChI=1S/C6H11N3O3S/c1-5-4-6(10)9(7-5)13(11,12)8(2)3/h4H2,1-3H3. The smallest absolute Gasteiger partial charge is 0.271 e. The van der Waals surface area contributed by atoms with Gasteiger partial charge in [-0.1, -0.05) is 0 Å². The summed E-state index contributed by atoms with van der Waals surface area (Å²) >= 11 is 0. The van der Waals surface area contributed by atoms with Crippen molar-refractivity contribution in [2.75, 3.05) is 14.1 Å². The molecule has 0 aliphatic carbocycles. The van der Waals surface area contributed by atoms with Gasteiger partial charge in [-0.25, -0.2) is 0 Å². The van der Waals surface area contributed by atoms with Crippen LogP contribution in [0.1, 0.15) is 13.3 Å². The molecule has 0 saturated heterocycles. The third kappa shape index (κ3) is 1.70. The fraction of sp³-hybridized carbons (Fsp3) is 0.667. The fourth-order valence-electron chi connectivity index (χ4n) is 0.868. The monoisotopic (exact) mass is 205 g/mol. The van der Waals surface area contributed by atoms with Crippen LogP contribution in [-0.4, -0.2) is 42.9 Å². The Kier molecular flexibility index (Phi) is 2.40. The molecule has 6 nitrogen and oxygen atoms in total. The Balaban J connectivity index is 3.04. The van der Waals surface area contributed by atoms with Crippen LogP contribution in [-0.2, 0) is 15.0 Å². The Bertz CT molecular complexity index is 357. The first-order valence-corrected chi connectivity index (χ1v) is 5.05. The maximum Gasteiger partial charge on any atom is 0.325 e. The van der Waals surface area contributed by atoms with E-state index in [0.717, 1.165) is 4.31 Å². The van der Waals surface area contributed by atoms with Gasteiger partial charge in [0.05, 0.1) is 6.42 Å². The Morgan fingerprint density at radius 3 is 2.31 bits per heavy atom. The normalized spacial score (nSPS) is 18.3. The molecule has 1 heterocycles. The minimum atomic E-state index is -3.73. The number of carbonyl (C=O) groups is 1. The van der Waals surface area contributed by atoms with E-state index in [1.54, 1.807) is 6.92 Å². The third-order valence-electron chi connectivity index (χ3n) is 1.56. The van der Waals surface area contributed by atoms with Gasteiger partial charge in [-0.05, 0) is 6.92 Å². The summed E-state index contributed by atoms with van der Waals surface area (Å²) in [5.41, 5.74) is 0.510. The number of hydrogen-bond acceptors (Lipinski definition) is 4. The van der Waals surface area contributed by atoms with Crippen LogP contribution >= 0.6 is 0 Å². The lowest BCUT2D eigenvalue weighted by Crippen LogP contribution is -2.38. The topological polar surface area (TPSA) is 70.1 Å². The van der Waals surface area contributed by atoms with Gasteiger partial charge in [-0.2, -0.15) is 17.8 Å². The molecule has 1 aliphatic heterocycles. The van der Waals surface area contributed by atoms with E-state index in [1.165, 1.54) is 14.1 Å².